The summed E-state index contributed by atoms with van der Waals surface area (Å²) in [6, 6.07) is 0. The molecule has 0 radical (unpaired) electrons. The second kappa shape index (κ2) is 5.72. The van der Waals surface area contributed by atoms with Gasteiger partial charge in [0.05, 0.1) is 16.8 Å². The van der Waals surface area contributed by atoms with Gasteiger partial charge in [-0.1, -0.05) is 6.42 Å². The molecule has 4 atom stereocenters. The van der Waals surface area contributed by atoms with Crippen LogP contribution < -0.4 is 0 Å². The normalized spacial score (nSPS) is 39.2. The van der Waals surface area contributed by atoms with Gasteiger partial charge in [-0.2, -0.15) is 13.2 Å². The number of sulfone groups is 1. The lowest BCUT2D eigenvalue weighted by Gasteiger charge is -2.45. The summed E-state index contributed by atoms with van der Waals surface area (Å²) in [6.07, 6.45) is -0.515. The van der Waals surface area contributed by atoms with Crippen LogP contribution in [0.3, 0.4) is 0 Å². The number of halogens is 3. The maximum Gasteiger partial charge on any atom is 0.391 e. The Morgan fingerprint density at radius 2 is 1.81 bits per heavy atom. The van der Waals surface area contributed by atoms with E-state index in [0.29, 0.717) is 38.5 Å². The van der Waals surface area contributed by atoms with Crippen LogP contribution in [0.4, 0.5) is 13.2 Å². The molecule has 7 heteroatoms. The van der Waals surface area contributed by atoms with Gasteiger partial charge in [-0.15, -0.1) is 0 Å². The Hall–Kier alpha value is -0.300. The molecule has 0 aromatic rings. The van der Waals surface area contributed by atoms with E-state index in [4.69, 9.17) is 0 Å². The minimum absolute atomic E-state index is 0.0635. The molecule has 0 spiro atoms. The second-order valence-corrected chi connectivity index (χ2v) is 9.08. The van der Waals surface area contributed by atoms with Gasteiger partial charge in [0.1, 0.15) is 9.84 Å². The van der Waals surface area contributed by atoms with E-state index in [9.17, 15) is 26.7 Å². The van der Waals surface area contributed by atoms with E-state index in [1.54, 1.807) is 0 Å². The number of alkyl halides is 3. The molecule has 2 aliphatic rings. The Morgan fingerprint density at radius 3 is 2.38 bits per heavy atom. The molecule has 0 bridgehead atoms. The van der Waals surface area contributed by atoms with Crippen molar-refractivity contribution < 1.29 is 26.7 Å². The van der Waals surface area contributed by atoms with Gasteiger partial charge in [0.15, 0.2) is 0 Å². The average molecular weight is 328 g/mol. The molecule has 1 N–H and O–H groups in total. The average Bonchev–Trinajstić information content (AvgIpc) is 2.37. The van der Waals surface area contributed by atoms with E-state index in [1.165, 1.54) is 6.26 Å². The zero-order valence-corrected chi connectivity index (χ0v) is 13.0. The number of hydrogen-bond donors (Lipinski definition) is 1. The van der Waals surface area contributed by atoms with Crippen LogP contribution in [0.25, 0.3) is 0 Å². The lowest BCUT2D eigenvalue weighted by Crippen LogP contribution is -2.48. The summed E-state index contributed by atoms with van der Waals surface area (Å²) in [7, 11) is -3.20. The number of hydrogen-bond acceptors (Lipinski definition) is 3. The van der Waals surface area contributed by atoms with E-state index in [-0.39, 0.29) is 18.8 Å². The zero-order chi connectivity index (χ0) is 15.9. The molecule has 0 heterocycles. The third-order valence-corrected chi connectivity index (χ3v) is 6.86. The smallest absolute Gasteiger partial charge is 0.390 e. The first-order valence-electron chi connectivity index (χ1n) is 7.50. The van der Waals surface area contributed by atoms with Crippen molar-refractivity contribution in [1.29, 1.82) is 0 Å². The molecule has 0 saturated heterocycles. The van der Waals surface area contributed by atoms with Crippen molar-refractivity contribution in [3.63, 3.8) is 0 Å². The molecule has 0 amide bonds. The van der Waals surface area contributed by atoms with Gasteiger partial charge < -0.3 is 5.11 Å². The van der Waals surface area contributed by atoms with Gasteiger partial charge in [0.2, 0.25) is 0 Å². The summed E-state index contributed by atoms with van der Waals surface area (Å²) in [5.74, 6) is -1.80. The van der Waals surface area contributed by atoms with Crippen molar-refractivity contribution in [2.24, 2.45) is 11.8 Å². The fourth-order valence-corrected chi connectivity index (χ4v) is 5.13. The van der Waals surface area contributed by atoms with Crippen molar-refractivity contribution in [1.82, 2.24) is 0 Å². The van der Waals surface area contributed by atoms with Gasteiger partial charge in [-0.05, 0) is 50.9 Å². The molecule has 2 fully saturated rings. The molecule has 124 valence electrons. The van der Waals surface area contributed by atoms with E-state index in [2.05, 4.69) is 0 Å². The fourth-order valence-electron chi connectivity index (χ4n) is 3.96. The third kappa shape index (κ3) is 3.92. The third-order valence-electron chi connectivity index (χ3n) is 5.22. The quantitative estimate of drug-likeness (QED) is 0.847. The highest BCUT2D eigenvalue weighted by Gasteiger charge is 2.50. The summed E-state index contributed by atoms with van der Waals surface area (Å²) >= 11 is 0. The minimum atomic E-state index is -4.28. The predicted molar refractivity (Wildman–Crippen MR) is 73.6 cm³/mol. The highest BCUT2D eigenvalue weighted by atomic mass is 32.2. The number of rotatable bonds is 2. The maximum absolute atomic E-state index is 12.9. The molecule has 4 unspecified atom stereocenters. The van der Waals surface area contributed by atoms with Crippen LogP contribution in [-0.4, -0.2) is 36.8 Å². The highest BCUT2D eigenvalue weighted by Crippen LogP contribution is 2.48. The van der Waals surface area contributed by atoms with Gasteiger partial charge >= 0.3 is 6.18 Å². The van der Waals surface area contributed by atoms with Crippen LogP contribution in [-0.2, 0) is 9.84 Å². The Labute approximate surface area is 123 Å². The Kier molecular flexibility index (Phi) is 4.65. The first kappa shape index (κ1) is 17.1. The summed E-state index contributed by atoms with van der Waals surface area (Å²) < 4.78 is 62.1. The molecule has 0 aromatic carbocycles. The van der Waals surface area contributed by atoms with Gasteiger partial charge in [0, 0.05) is 6.26 Å². The lowest BCUT2D eigenvalue weighted by molar-refractivity contribution is -0.208. The topological polar surface area (TPSA) is 54.4 Å². The second-order valence-electron chi connectivity index (χ2n) is 6.75. The van der Waals surface area contributed by atoms with Crippen LogP contribution in [0.5, 0.6) is 0 Å². The van der Waals surface area contributed by atoms with Crippen LogP contribution >= 0.6 is 0 Å². The first-order valence-corrected chi connectivity index (χ1v) is 9.46. The van der Waals surface area contributed by atoms with Crippen molar-refractivity contribution in [2.75, 3.05) is 6.26 Å². The van der Waals surface area contributed by atoms with Gasteiger partial charge in [-0.3, -0.25) is 0 Å². The van der Waals surface area contributed by atoms with Crippen molar-refractivity contribution in [2.45, 2.75) is 68.4 Å². The highest BCUT2D eigenvalue weighted by molar-refractivity contribution is 7.91. The lowest BCUT2D eigenvalue weighted by atomic mass is 9.67. The standard InChI is InChI=1S/C14H23F3O3S/c1-21(19,20)12-6-2-4-10(8-12)13(18)7-3-5-11(9-13)14(15,16)17/h10-12,18H,2-9H2,1H3. The van der Waals surface area contributed by atoms with Crippen molar-refractivity contribution >= 4 is 9.84 Å². The molecule has 2 aliphatic carbocycles. The number of aliphatic hydroxyl groups is 1. The van der Waals surface area contributed by atoms with Crippen LogP contribution in [0.2, 0.25) is 0 Å². The van der Waals surface area contributed by atoms with E-state index < -0.39 is 32.8 Å². The zero-order valence-electron chi connectivity index (χ0n) is 12.2. The van der Waals surface area contributed by atoms with Crippen LogP contribution in [0.15, 0.2) is 0 Å². The van der Waals surface area contributed by atoms with Gasteiger partial charge in [-0.25, -0.2) is 8.42 Å². The minimum Gasteiger partial charge on any atom is -0.390 e. The van der Waals surface area contributed by atoms with E-state index in [1.807, 2.05) is 0 Å². The summed E-state index contributed by atoms with van der Waals surface area (Å²) in [5, 5.41) is 10.2. The van der Waals surface area contributed by atoms with Crippen LogP contribution in [0.1, 0.15) is 51.4 Å². The van der Waals surface area contributed by atoms with Crippen molar-refractivity contribution in [3.05, 3.63) is 0 Å². The maximum atomic E-state index is 12.9. The molecule has 3 nitrogen and oxygen atoms in total. The van der Waals surface area contributed by atoms with Crippen LogP contribution in [0, 0.1) is 11.8 Å². The van der Waals surface area contributed by atoms with Gasteiger partial charge in [0.25, 0.3) is 0 Å². The molecule has 21 heavy (non-hydrogen) atoms. The molecule has 2 rings (SSSR count). The largest absolute Gasteiger partial charge is 0.391 e. The molecule has 2 saturated carbocycles. The SMILES string of the molecule is CS(=O)(=O)C1CCCC(C2(O)CCCC(C(F)(F)F)C2)C1. The summed E-state index contributed by atoms with van der Waals surface area (Å²) in [4.78, 5) is 0. The van der Waals surface area contributed by atoms with Crippen molar-refractivity contribution in [3.8, 4) is 0 Å². The molecule has 0 aromatic heterocycles. The predicted octanol–water partition coefficient (Wildman–Crippen LogP) is 3.07. The summed E-state index contributed by atoms with van der Waals surface area (Å²) in [5.41, 5.74) is -1.36. The Morgan fingerprint density at radius 1 is 1.14 bits per heavy atom. The molecular weight excluding hydrogens is 305 g/mol. The monoisotopic (exact) mass is 328 g/mol. The first-order chi connectivity index (χ1) is 9.52. The fraction of sp³-hybridized carbons (Fsp3) is 1.00. The summed E-state index contributed by atoms with van der Waals surface area (Å²) in [6.45, 7) is 0. The Balaban J connectivity index is 2.12. The Bertz CT molecular complexity index is 474. The van der Waals surface area contributed by atoms with E-state index >= 15 is 0 Å². The molecule has 0 aliphatic heterocycles. The molecular formula is C14H23F3O3S. The van der Waals surface area contributed by atoms with E-state index in [0.717, 1.165) is 0 Å².